The van der Waals surface area contributed by atoms with Gasteiger partial charge in [0.1, 0.15) is 4.60 Å². The van der Waals surface area contributed by atoms with Crippen molar-refractivity contribution < 1.29 is 4.79 Å². The minimum Gasteiger partial charge on any atom is -0.397 e. The number of carbonyl (C=O) groups excluding carboxylic acids is 1. The summed E-state index contributed by atoms with van der Waals surface area (Å²) in [5.41, 5.74) is 6.63. The number of carbonyl (C=O) groups is 1. The second kappa shape index (κ2) is 5.84. The third kappa shape index (κ3) is 3.20. The largest absolute Gasteiger partial charge is 0.397 e. The van der Waals surface area contributed by atoms with E-state index in [1.165, 1.54) is 6.20 Å². The number of hydrogen-bond donors (Lipinski definition) is 2. The fourth-order valence-corrected chi connectivity index (χ4v) is 1.57. The highest BCUT2D eigenvalue weighted by Crippen LogP contribution is 2.16. The molecule has 0 aliphatic heterocycles. The van der Waals surface area contributed by atoms with Gasteiger partial charge in [-0.25, -0.2) is 4.98 Å². The highest BCUT2D eigenvalue weighted by molar-refractivity contribution is 9.10. The van der Waals surface area contributed by atoms with Gasteiger partial charge in [-0.1, -0.05) is 13.8 Å². The molecule has 0 aliphatic rings. The number of aromatic nitrogens is 1. The van der Waals surface area contributed by atoms with E-state index in [0.717, 1.165) is 12.8 Å². The fourth-order valence-electron chi connectivity index (χ4n) is 1.35. The normalized spacial score (nSPS) is 10.5. The molecule has 1 aromatic heterocycles. The molecule has 16 heavy (non-hydrogen) atoms. The van der Waals surface area contributed by atoms with Gasteiger partial charge in [-0.15, -0.1) is 0 Å². The van der Waals surface area contributed by atoms with Crippen molar-refractivity contribution in [3.8, 4) is 0 Å². The summed E-state index contributed by atoms with van der Waals surface area (Å²) in [5.74, 6) is -0.125. The summed E-state index contributed by atoms with van der Waals surface area (Å²) in [6, 6.07) is 1.83. The van der Waals surface area contributed by atoms with Crippen LogP contribution in [0.3, 0.4) is 0 Å². The summed E-state index contributed by atoms with van der Waals surface area (Å²) >= 11 is 3.19. The van der Waals surface area contributed by atoms with Crippen molar-refractivity contribution in [2.24, 2.45) is 0 Å². The molecule has 0 spiro atoms. The quantitative estimate of drug-likeness (QED) is 0.835. The zero-order chi connectivity index (χ0) is 12.1. The molecule has 1 amide bonds. The van der Waals surface area contributed by atoms with Crippen LogP contribution in [0.1, 0.15) is 37.0 Å². The van der Waals surface area contributed by atoms with Crippen LogP contribution in [0.2, 0.25) is 0 Å². The molecular weight excluding hydrogens is 270 g/mol. The highest BCUT2D eigenvalue weighted by Gasteiger charge is 2.11. The van der Waals surface area contributed by atoms with Gasteiger partial charge in [0, 0.05) is 12.2 Å². The molecule has 0 bridgehead atoms. The van der Waals surface area contributed by atoms with Gasteiger partial charge < -0.3 is 11.1 Å². The Morgan fingerprint density at radius 1 is 1.56 bits per heavy atom. The molecule has 1 aromatic rings. The standard InChI is InChI=1S/C11H16BrN3O/c1-3-8(4-2)15-11(16)7-5-9(13)10(12)14-6-7/h5-6,8H,3-4,13H2,1-2H3,(H,15,16). The van der Waals surface area contributed by atoms with Gasteiger partial charge >= 0.3 is 0 Å². The molecule has 0 unspecified atom stereocenters. The minimum atomic E-state index is -0.125. The molecule has 0 saturated carbocycles. The first-order chi connectivity index (χ1) is 7.58. The number of hydrogen-bond acceptors (Lipinski definition) is 3. The van der Waals surface area contributed by atoms with Crippen LogP contribution in [0.15, 0.2) is 16.9 Å². The van der Waals surface area contributed by atoms with Gasteiger partial charge in [0.15, 0.2) is 0 Å². The first kappa shape index (κ1) is 13.0. The summed E-state index contributed by atoms with van der Waals surface area (Å²) in [6.07, 6.45) is 3.35. The smallest absolute Gasteiger partial charge is 0.253 e. The number of nitrogen functional groups attached to an aromatic ring is 1. The van der Waals surface area contributed by atoms with Crippen molar-refractivity contribution in [1.29, 1.82) is 0 Å². The molecule has 88 valence electrons. The lowest BCUT2D eigenvalue weighted by Crippen LogP contribution is -2.33. The van der Waals surface area contributed by atoms with Gasteiger partial charge in [0.05, 0.1) is 11.3 Å². The van der Waals surface area contributed by atoms with Crippen molar-refractivity contribution in [2.75, 3.05) is 5.73 Å². The predicted molar refractivity (Wildman–Crippen MR) is 68.2 cm³/mol. The average Bonchev–Trinajstić information content (AvgIpc) is 2.29. The lowest BCUT2D eigenvalue weighted by Gasteiger charge is -2.14. The van der Waals surface area contributed by atoms with Crippen LogP contribution < -0.4 is 11.1 Å². The van der Waals surface area contributed by atoms with Gasteiger partial charge in [-0.3, -0.25) is 4.79 Å². The van der Waals surface area contributed by atoms with Crippen molar-refractivity contribution in [3.05, 3.63) is 22.4 Å². The first-order valence-electron chi connectivity index (χ1n) is 5.30. The molecule has 5 heteroatoms. The molecule has 1 heterocycles. The fraction of sp³-hybridized carbons (Fsp3) is 0.455. The summed E-state index contributed by atoms with van der Waals surface area (Å²) in [6.45, 7) is 4.09. The summed E-state index contributed by atoms with van der Waals surface area (Å²) in [7, 11) is 0. The second-order valence-corrected chi connectivity index (χ2v) is 4.34. The van der Waals surface area contributed by atoms with E-state index in [2.05, 4.69) is 26.2 Å². The van der Waals surface area contributed by atoms with Crippen molar-refractivity contribution >= 4 is 27.5 Å². The summed E-state index contributed by atoms with van der Waals surface area (Å²) in [4.78, 5) is 15.8. The first-order valence-corrected chi connectivity index (χ1v) is 6.09. The molecule has 3 N–H and O–H groups in total. The molecule has 1 rings (SSSR count). The Bertz CT molecular complexity index is 377. The van der Waals surface area contributed by atoms with Gasteiger partial charge in [-0.2, -0.15) is 0 Å². The van der Waals surface area contributed by atoms with Crippen molar-refractivity contribution in [1.82, 2.24) is 10.3 Å². The predicted octanol–water partition coefficient (Wildman–Crippen LogP) is 2.34. The van der Waals surface area contributed by atoms with E-state index in [1.807, 2.05) is 13.8 Å². The Morgan fingerprint density at radius 3 is 2.69 bits per heavy atom. The third-order valence-electron chi connectivity index (χ3n) is 2.45. The summed E-state index contributed by atoms with van der Waals surface area (Å²) in [5, 5.41) is 2.93. The lowest BCUT2D eigenvalue weighted by molar-refractivity contribution is 0.0934. The van der Waals surface area contributed by atoms with Gasteiger partial charge in [0.2, 0.25) is 0 Å². The van der Waals surface area contributed by atoms with Crippen LogP contribution in [0.25, 0.3) is 0 Å². The molecule has 0 aromatic carbocycles. The number of nitrogens with zero attached hydrogens (tertiary/aromatic N) is 1. The van der Waals surface area contributed by atoms with Crippen LogP contribution in [-0.2, 0) is 0 Å². The average molecular weight is 286 g/mol. The maximum Gasteiger partial charge on any atom is 0.253 e. The number of halogens is 1. The van der Waals surface area contributed by atoms with E-state index in [0.29, 0.717) is 15.9 Å². The van der Waals surface area contributed by atoms with E-state index in [1.54, 1.807) is 6.07 Å². The number of nitrogens with two attached hydrogens (primary N) is 1. The van der Waals surface area contributed by atoms with Crippen LogP contribution >= 0.6 is 15.9 Å². The van der Waals surface area contributed by atoms with E-state index in [-0.39, 0.29) is 11.9 Å². The topological polar surface area (TPSA) is 68.0 Å². The number of rotatable bonds is 4. The highest BCUT2D eigenvalue weighted by atomic mass is 79.9. The van der Waals surface area contributed by atoms with Crippen LogP contribution in [0.4, 0.5) is 5.69 Å². The molecule has 4 nitrogen and oxygen atoms in total. The van der Waals surface area contributed by atoms with E-state index < -0.39 is 0 Å². The molecular formula is C11H16BrN3O. The minimum absolute atomic E-state index is 0.125. The van der Waals surface area contributed by atoms with Crippen LogP contribution in [0, 0.1) is 0 Å². The maximum absolute atomic E-state index is 11.8. The molecule has 0 atom stereocenters. The Balaban J connectivity index is 2.76. The monoisotopic (exact) mass is 285 g/mol. The molecule has 0 radical (unpaired) electrons. The Kier molecular flexibility index (Phi) is 4.73. The SMILES string of the molecule is CCC(CC)NC(=O)c1cnc(Br)c(N)c1. The number of anilines is 1. The van der Waals surface area contributed by atoms with E-state index in [4.69, 9.17) is 5.73 Å². The Hall–Kier alpha value is -1.10. The number of amides is 1. The molecule has 0 saturated heterocycles. The van der Waals surface area contributed by atoms with E-state index in [9.17, 15) is 4.79 Å². The number of pyridine rings is 1. The van der Waals surface area contributed by atoms with Crippen molar-refractivity contribution in [3.63, 3.8) is 0 Å². The summed E-state index contributed by atoms with van der Waals surface area (Å²) < 4.78 is 0.562. The molecule has 0 fully saturated rings. The zero-order valence-electron chi connectivity index (χ0n) is 9.46. The maximum atomic E-state index is 11.8. The van der Waals surface area contributed by atoms with Crippen molar-refractivity contribution in [2.45, 2.75) is 32.7 Å². The lowest BCUT2D eigenvalue weighted by atomic mass is 10.1. The number of nitrogens with one attached hydrogen (secondary N) is 1. The zero-order valence-corrected chi connectivity index (χ0v) is 11.0. The van der Waals surface area contributed by atoms with Gasteiger partial charge in [-0.05, 0) is 34.8 Å². The van der Waals surface area contributed by atoms with E-state index >= 15 is 0 Å². The van der Waals surface area contributed by atoms with Gasteiger partial charge in [0.25, 0.3) is 5.91 Å². The molecule has 0 aliphatic carbocycles. The Labute approximate surface area is 104 Å². The van der Waals surface area contributed by atoms with Crippen LogP contribution in [-0.4, -0.2) is 16.9 Å². The second-order valence-electron chi connectivity index (χ2n) is 3.59. The van der Waals surface area contributed by atoms with Crippen LogP contribution in [0.5, 0.6) is 0 Å². The third-order valence-corrected chi connectivity index (χ3v) is 3.11. The Morgan fingerprint density at radius 2 is 2.19 bits per heavy atom.